The number of carboxylic acid groups (broad SMARTS) is 1. The highest BCUT2D eigenvalue weighted by molar-refractivity contribution is 6.31. The van der Waals surface area contributed by atoms with Crippen LogP contribution in [0.25, 0.3) is 0 Å². The third-order valence-corrected chi connectivity index (χ3v) is 3.32. The van der Waals surface area contributed by atoms with E-state index in [0.29, 0.717) is 0 Å². The molecule has 0 heterocycles. The smallest absolute Gasteiger partial charge is 0.326 e. The van der Waals surface area contributed by atoms with E-state index in [1.54, 1.807) is 24.3 Å². The van der Waals surface area contributed by atoms with Gasteiger partial charge in [0.1, 0.15) is 11.8 Å². The van der Waals surface area contributed by atoms with Gasteiger partial charge in [-0.1, -0.05) is 41.9 Å². The molecule has 2 aromatic rings. The Bertz CT molecular complexity index is 688. The molecule has 3 N–H and O–H groups in total. The van der Waals surface area contributed by atoms with Crippen molar-refractivity contribution < 1.29 is 19.8 Å². The molecule has 2 rings (SSSR count). The maximum absolute atomic E-state index is 12.1. The topological polar surface area (TPSA) is 86.6 Å². The SMILES string of the molecule is O=C(NC(Cc1ccccc1)C(=O)O)c1cc(Cl)ccc1O. The van der Waals surface area contributed by atoms with Crippen LogP contribution in [0.3, 0.4) is 0 Å². The lowest BCUT2D eigenvalue weighted by molar-refractivity contribution is -0.139. The van der Waals surface area contributed by atoms with Gasteiger partial charge in [0, 0.05) is 11.4 Å². The van der Waals surface area contributed by atoms with E-state index in [4.69, 9.17) is 11.6 Å². The van der Waals surface area contributed by atoms with E-state index < -0.39 is 17.9 Å². The molecule has 0 aliphatic carbocycles. The first kappa shape index (κ1) is 15.9. The van der Waals surface area contributed by atoms with Gasteiger partial charge in [0.25, 0.3) is 5.91 Å². The summed E-state index contributed by atoms with van der Waals surface area (Å²) in [4.78, 5) is 23.4. The minimum Gasteiger partial charge on any atom is -0.507 e. The van der Waals surface area contributed by atoms with Gasteiger partial charge in [-0.15, -0.1) is 0 Å². The lowest BCUT2D eigenvalue weighted by Crippen LogP contribution is -2.42. The van der Waals surface area contributed by atoms with Crippen molar-refractivity contribution in [3.63, 3.8) is 0 Å². The zero-order valence-corrected chi connectivity index (χ0v) is 12.2. The summed E-state index contributed by atoms with van der Waals surface area (Å²) in [5.74, 6) is -2.10. The van der Waals surface area contributed by atoms with Crippen molar-refractivity contribution >= 4 is 23.5 Å². The van der Waals surface area contributed by atoms with Crippen molar-refractivity contribution in [3.05, 3.63) is 64.7 Å². The van der Waals surface area contributed by atoms with Crippen LogP contribution in [0.2, 0.25) is 5.02 Å². The molecular formula is C16H14ClNO4. The molecular weight excluding hydrogens is 306 g/mol. The number of rotatable bonds is 5. The number of nitrogens with one attached hydrogen (secondary N) is 1. The molecule has 1 amide bonds. The van der Waals surface area contributed by atoms with E-state index in [-0.39, 0.29) is 22.8 Å². The normalized spacial score (nSPS) is 11.7. The highest BCUT2D eigenvalue weighted by Crippen LogP contribution is 2.21. The number of hydrogen-bond acceptors (Lipinski definition) is 3. The molecule has 0 aliphatic heterocycles. The van der Waals surface area contributed by atoms with E-state index in [1.165, 1.54) is 18.2 Å². The predicted molar refractivity (Wildman–Crippen MR) is 82.2 cm³/mol. The number of carboxylic acids is 1. The lowest BCUT2D eigenvalue weighted by Gasteiger charge is -2.15. The monoisotopic (exact) mass is 319 g/mol. The number of carbonyl (C=O) groups excluding carboxylic acids is 1. The first-order valence-corrected chi connectivity index (χ1v) is 6.91. The lowest BCUT2D eigenvalue weighted by atomic mass is 10.1. The molecule has 6 heteroatoms. The summed E-state index contributed by atoms with van der Waals surface area (Å²) in [7, 11) is 0. The van der Waals surface area contributed by atoms with Crippen molar-refractivity contribution in [2.24, 2.45) is 0 Å². The average molecular weight is 320 g/mol. The molecule has 1 atom stereocenters. The van der Waals surface area contributed by atoms with E-state index in [0.717, 1.165) is 5.56 Å². The van der Waals surface area contributed by atoms with Crippen molar-refractivity contribution in [1.29, 1.82) is 0 Å². The minimum atomic E-state index is -1.15. The van der Waals surface area contributed by atoms with Gasteiger partial charge in [-0.05, 0) is 23.8 Å². The van der Waals surface area contributed by atoms with E-state index in [1.807, 2.05) is 6.07 Å². The fourth-order valence-corrected chi connectivity index (χ4v) is 2.15. The van der Waals surface area contributed by atoms with Crippen LogP contribution < -0.4 is 5.32 Å². The zero-order valence-electron chi connectivity index (χ0n) is 11.5. The van der Waals surface area contributed by atoms with Crippen LogP contribution in [0.1, 0.15) is 15.9 Å². The number of halogens is 1. The molecule has 114 valence electrons. The average Bonchev–Trinajstić information content (AvgIpc) is 2.50. The second-order valence-corrected chi connectivity index (χ2v) is 5.15. The summed E-state index contributed by atoms with van der Waals surface area (Å²) < 4.78 is 0. The fourth-order valence-electron chi connectivity index (χ4n) is 1.98. The fraction of sp³-hybridized carbons (Fsp3) is 0.125. The highest BCUT2D eigenvalue weighted by Gasteiger charge is 2.22. The molecule has 0 saturated carbocycles. The third-order valence-electron chi connectivity index (χ3n) is 3.09. The number of amides is 1. The van der Waals surface area contributed by atoms with Gasteiger partial charge in [0.2, 0.25) is 0 Å². The Hall–Kier alpha value is -2.53. The van der Waals surface area contributed by atoms with Gasteiger partial charge in [-0.2, -0.15) is 0 Å². The second-order valence-electron chi connectivity index (χ2n) is 4.72. The van der Waals surface area contributed by atoms with Crippen LogP contribution in [0, 0.1) is 0 Å². The zero-order chi connectivity index (χ0) is 16.1. The van der Waals surface area contributed by atoms with Crippen molar-refractivity contribution in [2.75, 3.05) is 0 Å². The first-order valence-electron chi connectivity index (χ1n) is 6.53. The summed E-state index contributed by atoms with van der Waals surface area (Å²) in [6.45, 7) is 0. The Labute approximate surface area is 132 Å². The summed E-state index contributed by atoms with van der Waals surface area (Å²) in [5, 5.41) is 21.6. The molecule has 22 heavy (non-hydrogen) atoms. The van der Waals surface area contributed by atoms with E-state index >= 15 is 0 Å². The summed E-state index contributed by atoms with van der Waals surface area (Å²) in [5.41, 5.74) is 0.720. The number of aliphatic carboxylic acids is 1. The van der Waals surface area contributed by atoms with Gasteiger partial charge in [-0.3, -0.25) is 4.79 Å². The van der Waals surface area contributed by atoms with Crippen LogP contribution in [0.4, 0.5) is 0 Å². The largest absolute Gasteiger partial charge is 0.507 e. The molecule has 0 fully saturated rings. The summed E-state index contributed by atoms with van der Waals surface area (Å²) >= 11 is 5.78. The molecule has 0 saturated heterocycles. The van der Waals surface area contributed by atoms with Crippen molar-refractivity contribution in [1.82, 2.24) is 5.32 Å². The van der Waals surface area contributed by atoms with Crippen LogP contribution in [0.5, 0.6) is 5.75 Å². The Kier molecular flexibility index (Phi) is 5.01. The number of carbonyl (C=O) groups is 2. The van der Waals surface area contributed by atoms with Gasteiger partial charge in [-0.25, -0.2) is 4.79 Å². The molecule has 0 spiro atoms. The number of benzene rings is 2. The molecule has 0 aromatic heterocycles. The maximum Gasteiger partial charge on any atom is 0.326 e. The quantitative estimate of drug-likeness (QED) is 0.790. The van der Waals surface area contributed by atoms with Gasteiger partial charge in [0.15, 0.2) is 0 Å². The third kappa shape index (κ3) is 3.99. The van der Waals surface area contributed by atoms with Gasteiger partial charge < -0.3 is 15.5 Å². The Morgan fingerprint density at radius 2 is 1.82 bits per heavy atom. The summed E-state index contributed by atoms with van der Waals surface area (Å²) in [6, 6.07) is 11.9. The van der Waals surface area contributed by atoms with E-state index in [9.17, 15) is 19.8 Å². The van der Waals surface area contributed by atoms with Gasteiger partial charge in [0.05, 0.1) is 5.56 Å². The predicted octanol–water partition coefficient (Wildman–Crippen LogP) is 2.47. The van der Waals surface area contributed by atoms with Crippen LogP contribution in [-0.4, -0.2) is 28.1 Å². The first-order chi connectivity index (χ1) is 10.5. The van der Waals surface area contributed by atoms with Gasteiger partial charge >= 0.3 is 5.97 Å². The number of phenols is 1. The molecule has 2 aromatic carbocycles. The Balaban J connectivity index is 2.15. The molecule has 0 bridgehead atoms. The molecule has 0 radical (unpaired) electrons. The Morgan fingerprint density at radius 1 is 1.14 bits per heavy atom. The number of aromatic hydroxyl groups is 1. The van der Waals surface area contributed by atoms with Crippen molar-refractivity contribution in [2.45, 2.75) is 12.5 Å². The number of hydrogen-bond donors (Lipinski definition) is 3. The highest BCUT2D eigenvalue weighted by atomic mass is 35.5. The Morgan fingerprint density at radius 3 is 2.45 bits per heavy atom. The molecule has 5 nitrogen and oxygen atoms in total. The van der Waals surface area contributed by atoms with Crippen LogP contribution >= 0.6 is 11.6 Å². The summed E-state index contributed by atoms with van der Waals surface area (Å²) in [6.07, 6.45) is 0.142. The second kappa shape index (κ2) is 6.95. The molecule has 1 unspecified atom stereocenters. The standard InChI is InChI=1S/C16H14ClNO4/c17-11-6-7-14(19)12(9-11)15(20)18-13(16(21)22)8-10-4-2-1-3-5-10/h1-7,9,13,19H,8H2,(H,18,20)(H,21,22). The maximum atomic E-state index is 12.1. The van der Waals surface area contributed by atoms with Crippen LogP contribution in [0.15, 0.2) is 48.5 Å². The van der Waals surface area contributed by atoms with Crippen LogP contribution in [-0.2, 0) is 11.2 Å². The van der Waals surface area contributed by atoms with Crippen molar-refractivity contribution in [3.8, 4) is 5.75 Å². The number of phenolic OH excluding ortho intramolecular Hbond substituents is 1. The molecule has 0 aliphatic rings. The minimum absolute atomic E-state index is 0.0631. The van der Waals surface area contributed by atoms with E-state index in [2.05, 4.69) is 5.32 Å².